The third kappa shape index (κ3) is 5.10. The van der Waals surface area contributed by atoms with Crippen molar-refractivity contribution in [3.05, 3.63) is 87.1 Å². The summed E-state index contributed by atoms with van der Waals surface area (Å²) in [6.07, 6.45) is 3.80. The number of nitrogens with zero attached hydrogens (tertiary/aromatic N) is 4. The van der Waals surface area contributed by atoms with E-state index in [0.29, 0.717) is 23.1 Å². The topological polar surface area (TPSA) is 150 Å². The number of hydrogen-bond acceptors (Lipinski definition) is 9. The minimum absolute atomic E-state index is 0.144. The van der Waals surface area contributed by atoms with E-state index in [1.54, 1.807) is 19.4 Å². The zero-order valence-electron chi connectivity index (χ0n) is 21.2. The summed E-state index contributed by atoms with van der Waals surface area (Å²) < 4.78 is 11.5. The number of carbonyl (C=O) groups excluding carboxylic acids is 1. The molecule has 0 saturated carbocycles. The zero-order valence-corrected chi connectivity index (χ0v) is 21.2. The fourth-order valence-electron chi connectivity index (χ4n) is 5.71. The molecule has 0 aliphatic carbocycles. The summed E-state index contributed by atoms with van der Waals surface area (Å²) in [4.78, 5) is 41.1. The summed E-state index contributed by atoms with van der Waals surface area (Å²) in [7, 11) is 1.57. The summed E-state index contributed by atoms with van der Waals surface area (Å²) >= 11 is 0. The Balaban J connectivity index is 1.51. The minimum atomic E-state index is -0.910. The van der Waals surface area contributed by atoms with Crippen molar-refractivity contribution in [3.8, 4) is 5.75 Å². The number of piperidine rings is 3. The Labute approximate surface area is 223 Å². The third-order valence-electron chi connectivity index (χ3n) is 7.65. The summed E-state index contributed by atoms with van der Waals surface area (Å²) in [5.41, 5.74) is 0.172. The number of non-ortho nitro benzene ring substituents is 1. The van der Waals surface area contributed by atoms with Crippen LogP contribution in [0.5, 0.6) is 5.75 Å². The van der Waals surface area contributed by atoms with Crippen molar-refractivity contribution in [2.45, 2.75) is 25.0 Å². The highest BCUT2D eigenvalue weighted by atomic mass is 16.6. The van der Waals surface area contributed by atoms with Gasteiger partial charge in [0.2, 0.25) is 0 Å². The van der Waals surface area contributed by atoms with Gasteiger partial charge in [0.05, 0.1) is 34.6 Å². The number of rotatable bonds is 8. The van der Waals surface area contributed by atoms with Gasteiger partial charge in [0.15, 0.2) is 0 Å². The second-order valence-electron chi connectivity index (χ2n) is 9.70. The number of fused-ring (bicyclic) bond motifs is 4. The average molecular weight is 534 g/mol. The summed E-state index contributed by atoms with van der Waals surface area (Å²) in [6.45, 7) is 5.63. The number of anilines is 1. The van der Waals surface area contributed by atoms with E-state index in [4.69, 9.17) is 9.47 Å². The molecule has 2 bridgehead atoms. The standard InChI is InChI=1S/C27H27N5O7/c1-3-16-15-30-11-9-17(16)12-25(30)26(20-8-10-28-22-7-5-19(38-2)14-21(20)22)39-27(33)29-23-6-4-18(31(34)35)13-24(23)32(36)37/h3-8,10,13-14,16-17,25-26H,1,9,11-12,15H2,2H3,(H,29,33). The second-order valence-corrected chi connectivity index (χ2v) is 9.70. The molecule has 0 spiro atoms. The van der Waals surface area contributed by atoms with Crippen LogP contribution in [0, 0.1) is 32.1 Å². The molecule has 5 atom stereocenters. The monoisotopic (exact) mass is 533 g/mol. The van der Waals surface area contributed by atoms with Crippen LogP contribution < -0.4 is 10.1 Å². The molecule has 3 aromatic rings. The summed E-state index contributed by atoms with van der Waals surface area (Å²) in [5, 5.41) is 25.9. The number of hydrogen-bond donors (Lipinski definition) is 1. The Morgan fingerprint density at radius 2 is 2.03 bits per heavy atom. The van der Waals surface area contributed by atoms with Crippen LogP contribution in [0.25, 0.3) is 10.9 Å². The molecular weight excluding hydrogens is 506 g/mol. The highest BCUT2D eigenvalue weighted by molar-refractivity contribution is 5.89. The van der Waals surface area contributed by atoms with Gasteiger partial charge in [0.1, 0.15) is 17.5 Å². The molecule has 39 heavy (non-hydrogen) atoms. The van der Waals surface area contributed by atoms with Crippen LogP contribution in [0.4, 0.5) is 21.9 Å². The van der Waals surface area contributed by atoms with Gasteiger partial charge in [0.25, 0.3) is 11.4 Å². The van der Waals surface area contributed by atoms with E-state index in [9.17, 15) is 25.0 Å². The molecular formula is C27H27N5O7. The van der Waals surface area contributed by atoms with E-state index in [-0.39, 0.29) is 11.7 Å². The van der Waals surface area contributed by atoms with E-state index >= 15 is 0 Å². The van der Waals surface area contributed by atoms with E-state index in [2.05, 4.69) is 21.8 Å². The SMILES string of the molecule is C=CC1CN2CCC1CC2C(OC(=O)Nc1ccc([N+](=O)[O-])cc1[N+](=O)[O-])c1ccnc2ccc(OC)cc12. The number of pyridine rings is 1. The van der Waals surface area contributed by atoms with Crippen LogP contribution in [-0.4, -0.2) is 52.1 Å². The highest BCUT2D eigenvalue weighted by Crippen LogP contribution is 2.44. The molecule has 0 radical (unpaired) electrons. The number of ether oxygens (including phenoxy) is 2. The molecule has 202 valence electrons. The van der Waals surface area contributed by atoms with Gasteiger partial charge in [-0.15, -0.1) is 6.58 Å². The van der Waals surface area contributed by atoms with Gasteiger partial charge >= 0.3 is 6.09 Å². The van der Waals surface area contributed by atoms with Crippen molar-refractivity contribution < 1.29 is 24.1 Å². The molecule has 12 heteroatoms. The van der Waals surface area contributed by atoms with Crippen molar-refractivity contribution in [1.82, 2.24) is 9.88 Å². The fraction of sp³-hybridized carbons (Fsp3) is 0.333. The van der Waals surface area contributed by atoms with Gasteiger partial charge in [-0.25, -0.2) is 4.79 Å². The van der Waals surface area contributed by atoms with Crippen molar-refractivity contribution in [1.29, 1.82) is 0 Å². The molecule has 3 aliphatic rings. The van der Waals surface area contributed by atoms with Gasteiger partial charge in [0, 0.05) is 29.8 Å². The van der Waals surface area contributed by atoms with Gasteiger partial charge in [-0.3, -0.25) is 35.4 Å². The van der Waals surface area contributed by atoms with E-state index in [1.165, 1.54) is 0 Å². The van der Waals surface area contributed by atoms with Gasteiger partial charge in [-0.2, -0.15) is 0 Å². The lowest BCUT2D eigenvalue weighted by molar-refractivity contribution is -0.393. The predicted molar refractivity (Wildman–Crippen MR) is 143 cm³/mol. The number of amides is 1. The lowest BCUT2D eigenvalue weighted by Crippen LogP contribution is -2.55. The molecule has 3 aliphatic heterocycles. The van der Waals surface area contributed by atoms with Crippen molar-refractivity contribution >= 4 is 34.1 Å². The largest absolute Gasteiger partial charge is 0.497 e. The maximum absolute atomic E-state index is 13.3. The van der Waals surface area contributed by atoms with Crippen molar-refractivity contribution in [2.75, 3.05) is 25.5 Å². The quantitative estimate of drug-likeness (QED) is 0.233. The Kier molecular flexibility index (Phi) is 7.11. The number of nitro benzene ring substituents is 2. The Bertz CT molecular complexity index is 1460. The van der Waals surface area contributed by atoms with Crippen LogP contribution >= 0.6 is 0 Å². The normalized spacial score (nSPS) is 22.6. The minimum Gasteiger partial charge on any atom is -0.497 e. The first-order chi connectivity index (χ1) is 18.8. The van der Waals surface area contributed by atoms with Crippen LogP contribution in [0.2, 0.25) is 0 Å². The van der Waals surface area contributed by atoms with Crippen LogP contribution in [0.15, 0.2) is 61.3 Å². The molecule has 5 unspecified atom stereocenters. The maximum atomic E-state index is 13.3. The zero-order chi connectivity index (χ0) is 27.7. The highest BCUT2D eigenvalue weighted by Gasteiger charge is 2.44. The molecule has 4 heterocycles. The Morgan fingerprint density at radius 1 is 1.21 bits per heavy atom. The van der Waals surface area contributed by atoms with Crippen LogP contribution in [0.3, 0.4) is 0 Å². The number of nitrogens with one attached hydrogen (secondary N) is 1. The molecule has 12 nitrogen and oxygen atoms in total. The number of aromatic nitrogens is 1. The first kappa shape index (κ1) is 26.0. The van der Waals surface area contributed by atoms with Crippen molar-refractivity contribution in [2.24, 2.45) is 11.8 Å². The lowest BCUT2D eigenvalue weighted by Gasteiger charge is -2.51. The molecule has 6 rings (SSSR count). The van der Waals surface area contributed by atoms with Crippen LogP contribution in [-0.2, 0) is 4.74 Å². The molecule has 3 saturated heterocycles. The van der Waals surface area contributed by atoms with E-state index < -0.39 is 33.4 Å². The lowest BCUT2D eigenvalue weighted by atomic mass is 9.73. The second kappa shape index (κ2) is 10.7. The number of nitro groups is 2. The smallest absolute Gasteiger partial charge is 0.412 e. The summed E-state index contributed by atoms with van der Waals surface area (Å²) in [6, 6.07) is 10.2. The van der Waals surface area contributed by atoms with Gasteiger partial charge in [-0.05, 0) is 61.6 Å². The number of carbonyl (C=O) groups is 1. The first-order valence-corrected chi connectivity index (χ1v) is 12.5. The maximum Gasteiger partial charge on any atom is 0.412 e. The van der Waals surface area contributed by atoms with Crippen LogP contribution in [0.1, 0.15) is 24.5 Å². The molecule has 3 fully saturated rings. The average Bonchev–Trinajstić information content (AvgIpc) is 2.95. The third-order valence-corrected chi connectivity index (χ3v) is 7.65. The molecule has 2 aromatic carbocycles. The van der Waals surface area contributed by atoms with Crippen molar-refractivity contribution in [3.63, 3.8) is 0 Å². The number of methoxy groups -OCH3 is 1. The fourth-order valence-corrected chi connectivity index (χ4v) is 5.71. The Morgan fingerprint density at radius 3 is 2.69 bits per heavy atom. The first-order valence-electron chi connectivity index (χ1n) is 12.5. The molecule has 1 amide bonds. The van der Waals surface area contributed by atoms with E-state index in [0.717, 1.165) is 55.1 Å². The Hall–Kier alpha value is -4.58. The predicted octanol–water partition coefficient (Wildman–Crippen LogP) is 5.25. The van der Waals surface area contributed by atoms with E-state index in [1.807, 2.05) is 24.3 Å². The van der Waals surface area contributed by atoms with Gasteiger partial charge in [-0.1, -0.05) is 6.08 Å². The molecule has 1 aromatic heterocycles. The number of benzene rings is 2. The summed E-state index contributed by atoms with van der Waals surface area (Å²) in [5.74, 6) is 1.37. The van der Waals surface area contributed by atoms with Gasteiger partial charge < -0.3 is 9.47 Å². The molecule has 1 N–H and O–H groups in total.